The van der Waals surface area contributed by atoms with Gasteiger partial charge in [0.05, 0.1) is 23.7 Å². The Morgan fingerprint density at radius 2 is 2.04 bits per heavy atom. The maximum absolute atomic E-state index is 12.0. The molecule has 23 heavy (non-hydrogen) atoms. The fourth-order valence-electron chi connectivity index (χ4n) is 1.91. The van der Waals surface area contributed by atoms with Crippen molar-refractivity contribution in [1.82, 2.24) is 4.72 Å². The van der Waals surface area contributed by atoms with E-state index in [1.54, 1.807) is 0 Å². The van der Waals surface area contributed by atoms with Crippen LogP contribution in [0.15, 0.2) is 29.2 Å². The topological polar surface area (TPSA) is 108 Å². The first-order valence-corrected chi connectivity index (χ1v) is 8.38. The number of hydrogen-bond donors (Lipinski definition) is 1. The summed E-state index contributed by atoms with van der Waals surface area (Å²) >= 11 is 0. The predicted molar refractivity (Wildman–Crippen MR) is 78.3 cm³/mol. The van der Waals surface area contributed by atoms with Crippen molar-refractivity contribution < 1.29 is 32.2 Å². The zero-order valence-corrected chi connectivity index (χ0v) is 13.3. The SMILES string of the molecule is COCCNS(=O)(=O)c1ccc(C(=O)O[C@@H]2CCOC2=O)cc1. The van der Waals surface area contributed by atoms with Gasteiger partial charge in [-0.05, 0) is 24.3 Å². The molecule has 1 aromatic rings. The van der Waals surface area contributed by atoms with E-state index in [4.69, 9.17) is 14.2 Å². The van der Waals surface area contributed by atoms with Crippen LogP contribution in [0.5, 0.6) is 0 Å². The highest BCUT2D eigenvalue weighted by molar-refractivity contribution is 7.89. The van der Waals surface area contributed by atoms with E-state index in [0.717, 1.165) is 0 Å². The minimum absolute atomic E-state index is 0.0189. The van der Waals surface area contributed by atoms with Crippen molar-refractivity contribution in [3.05, 3.63) is 29.8 Å². The summed E-state index contributed by atoms with van der Waals surface area (Å²) in [6, 6.07) is 5.23. The smallest absolute Gasteiger partial charge is 0.347 e. The Morgan fingerprint density at radius 1 is 1.35 bits per heavy atom. The quantitative estimate of drug-likeness (QED) is 0.552. The second-order valence-corrected chi connectivity index (χ2v) is 6.53. The Morgan fingerprint density at radius 3 is 2.61 bits per heavy atom. The number of rotatable bonds is 7. The summed E-state index contributed by atoms with van der Waals surface area (Å²) in [6.45, 7) is 0.620. The van der Waals surface area contributed by atoms with Crippen LogP contribution in [-0.2, 0) is 29.0 Å². The summed E-state index contributed by atoms with van der Waals surface area (Å²) in [6.07, 6.45) is -0.581. The fraction of sp³-hybridized carbons (Fsp3) is 0.429. The van der Waals surface area contributed by atoms with Crippen molar-refractivity contribution >= 4 is 22.0 Å². The molecule has 1 aliphatic heterocycles. The molecule has 1 aliphatic rings. The lowest BCUT2D eigenvalue weighted by molar-refractivity contribution is -0.145. The Bertz CT molecular complexity index is 669. The van der Waals surface area contributed by atoms with Gasteiger partial charge in [0.2, 0.25) is 16.1 Å². The number of cyclic esters (lactones) is 1. The van der Waals surface area contributed by atoms with Crippen molar-refractivity contribution in [2.24, 2.45) is 0 Å². The van der Waals surface area contributed by atoms with Crippen LogP contribution in [0.4, 0.5) is 0 Å². The highest BCUT2D eigenvalue weighted by atomic mass is 32.2. The van der Waals surface area contributed by atoms with Gasteiger partial charge in [0.15, 0.2) is 0 Å². The maximum Gasteiger partial charge on any atom is 0.347 e. The number of ether oxygens (including phenoxy) is 3. The van der Waals surface area contributed by atoms with Crippen molar-refractivity contribution in [2.45, 2.75) is 17.4 Å². The first-order chi connectivity index (χ1) is 10.9. The summed E-state index contributed by atoms with van der Waals surface area (Å²) in [5.41, 5.74) is 0.153. The van der Waals surface area contributed by atoms with Crippen LogP contribution in [0.25, 0.3) is 0 Å². The average Bonchev–Trinajstić information content (AvgIpc) is 2.93. The molecule has 1 heterocycles. The second-order valence-electron chi connectivity index (χ2n) is 4.77. The Hall–Kier alpha value is -1.97. The molecule has 0 unspecified atom stereocenters. The summed E-state index contributed by atoms with van der Waals surface area (Å²) in [5.74, 6) is -1.27. The Labute approximate surface area is 133 Å². The highest BCUT2D eigenvalue weighted by Gasteiger charge is 2.30. The molecule has 1 N–H and O–H groups in total. The number of hydrogen-bond acceptors (Lipinski definition) is 7. The van der Waals surface area contributed by atoms with Gasteiger partial charge in [-0.1, -0.05) is 0 Å². The minimum Gasteiger partial charge on any atom is -0.463 e. The van der Waals surface area contributed by atoms with E-state index >= 15 is 0 Å². The Balaban J connectivity index is 2.01. The molecule has 1 atom stereocenters. The number of carbonyl (C=O) groups excluding carboxylic acids is 2. The van der Waals surface area contributed by atoms with E-state index in [9.17, 15) is 18.0 Å². The molecule has 0 aromatic heterocycles. The van der Waals surface area contributed by atoms with E-state index in [1.807, 2.05) is 0 Å². The molecule has 1 aromatic carbocycles. The van der Waals surface area contributed by atoms with Crippen LogP contribution in [0.3, 0.4) is 0 Å². The molecule has 1 saturated heterocycles. The first kappa shape index (κ1) is 17.4. The van der Waals surface area contributed by atoms with Gasteiger partial charge in [0.25, 0.3) is 0 Å². The number of nitrogens with one attached hydrogen (secondary N) is 1. The molecule has 0 radical (unpaired) electrons. The van der Waals surface area contributed by atoms with Gasteiger partial charge in [-0.25, -0.2) is 22.7 Å². The molecule has 0 bridgehead atoms. The zero-order valence-electron chi connectivity index (χ0n) is 12.5. The number of esters is 2. The molecule has 0 amide bonds. The summed E-state index contributed by atoms with van der Waals surface area (Å²) in [5, 5.41) is 0. The largest absolute Gasteiger partial charge is 0.463 e. The van der Waals surface area contributed by atoms with E-state index in [-0.39, 0.29) is 30.2 Å². The normalized spacial score (nSPS) is 17.8. The standard InChI is InChI=1S/C14H17NO7S/c1-20-9-7-15-23(18,19)11-4-2-10(3-5-11)13(16)22-12-6-8-21-14(12)17/h2-5,12,15H,6-9H2,1H3/t12-/m1/s1. The van der Waals surface area contributed by atoms with Crippen molar-refractivity contribution in [3.8, 4) is 0 Å². The summed E-state index contributed by atoms with van der Waals surface area (Å²) in [7, 11) is -2.20. The molecule has 1 fully saturated rings. The van der Waals surface area contributed by atoms with Crippen LogP contribution in [0.1, 0.15) is 16.8 Å². The molecule has 126 valence electrons. The minimum atomic E-state index is -3.66. The number of carbonyl (C=O) groups is 2. The van der Waals surface area contributed by atoms with Crippen LogP contribution >= 0.6 is 0 Å². The first-order valence-electron chi connectivity index (χ1n) is 6.90. The molecule has 0 aliphatic carbocycles. The third kappa shape index (κ3) is 4.50. The van der Waals surface area contributed by atoms with Gasteiger partial charge in [0, 0.05) is 20.1 Å². The van der Waals surface area contributed by atoms with Gasteiger partial charge in [-0.2, -0.15) is 0 Å². The monoisotopic (exact) mass is 343 g/mol. The van der Waals surface area contributed by atoms with Crippen LogP contribution in [-0.4, -0.2) is 53.3 Å². The van der Waals surface area contributed by atoms with E-state index < -0.39 is 28.1 Å². The molecular weight excluding hydrogens is 326 g/mol. The van der Waals surface area contributed by atoms with Gasteiger partial charge in [0.1, 0.15) is 0 Å². The van der Waals surface area contributed by atoms with Gasteiger partial charge in [-0.3, -0.25) is 0 Å². The number of methoxy groups -OCH3 is 1. The van der Waals surface area contributed by atoms with Crippen molar-refractivity contribution in [2.75, 3.05) is 26.9 Å². The number of benzene rings is 1. The molecular formula is C14H17NO7S. The summed E-state index contributed by atoms with van der Waals surface area (Å²) < 4.78 is 40.8. The van der Waals surface area contributed by atoms with E-state index in [1.165, 1.54) is 31.4 Å². The predicted octanol–water partition coefficient (Wildman–Crippen LogP) is 0.0836. The zero-order chi connectivity index (χ0) is 16.9. The van der Waals surface area contributed by atoms with Gasteiger partial charge in [-0.15, -0.1) is 0 Å². The van der Waals surface area contributed by atoms with Crippen molar-refractivity contribution in [1.29, 1.82) is 0 Å². The van der Waals surface area contributed by atoms with Gasteiger partial charge >= 0.3 is 11.9 Å². The third-order valence-corrected chi connectivity index (χ3v) is 4.61. The Kier molecular flexibility index (Phi) is 5.69. The van der Waals surface area contributed by atoms with E-state index in [0.29, 0.717) is 6.42 Å². The van der Waals surface area contributed by atoms with Gasteiger partial charge < -0.3 is 14.2 Å². The average molecular weight is 343 g/mol. The van der Waals surface area contributed by atoms with Crippen LogP contribution in [0.2, 0.25) is 0 Å². The fourth-order valence-corrected chi connectivity index (χ4v) is 2.93. The molecule has 0 saturated carbocycles. The molecule has 0 spiro atoms. The molecule has 2 rings (SSSR count). The van der Waals surface area contributed by atoms with Crippen LogP contribution < -0.4 is 4.72 Å². The lowest BCUT2D eigenvalue weighted by Crippen LogP contribution is -2.27. The second kappa shape index (κ2) is 7.53. The third-order valence-electron chi connectivity index (χ3n) is 3.14. The lowest BCUT2D eigenvalue weighted by Gasteiger charge is -2.09. The lowest BCUT2D eigenvalue weighted by atomic mass is 10.2. The van der Waals surface area contributed by atoms with Crippen molar-refractivity contribution in [3.63, 3.8) is 0 Å². The molecule has 8 nitrogen and oxygen atoms in total. The van der Waals surface area contributed by atoms with E-state index in [2.05, 4.69) is 4.72 Å². The maximum atomic E-state index is 12.0. The number of sulfonamides is 1. The summed E-state index contributed by atoms with van der Waals surface area (Å²) in [4.78, 5) is 23.2. The molecule has 9 heteroatoms. The van der Waals surface area contributed by atoms with Crippen LogP contribution in [0, 0.1) is 0 Å². The highest BCUT2D eigenvalue weighted by Crippen LogP contribution is 2.15.